The Bertz CT molecular complexity index is 612. The molecule has 0 unspecified atom stereocenters. The maximum absolute atomic E-state index is 11.9. The molecular formula is C16H15ClN2O. The summed E-state index contributed by atoms with van der Waals surface area (Å²) in [7, 11) is 0. The van der Waals surface area contributed by atoms with Gasteiger partial charge in [-0.2, -0.15) is 5.26 Å². The highest BCUT2D eigenvalue weighted by Gasteiger charge is 2.30. The average molecular weight is 287 g/mol. The van der Waals surface area contributed by atoms with Gasteiger partial charge in [0.1, 0.15) is 6.07 Å². The number of halogens is 1. The van der Waals surface area contributed by atoms with Crippen molar-refractivity contribution in [3.63, 3.8) is 0 Å². The Morgan fingerprint density at radius 1 is 1.55 bits per heavy atom. The van der Waals surface area contributed by atoms with Crippen molar-refractivity contribution in [3.8, 4) is 18.4 Å². The van der Waals surface area contributed by atoms with Crippen molar-refractivity contribution < 1.29 is 4.79 Å². The molecule has 102 valence electrons. The maximum Gasteiger partial charge on any atom is 0.298 e. The number of nitriles is 1. The highest BCUT2D eigenvalue weighted by atomic mass is 35.5. The Morgan fingerprint density at radius 2 is 2.30 bits per heavy atom. The number of terminal acetylenes is 1. The van der Waals surface area contributed by atoms with E-state index in [0.717, 1.165) is 18.4 Å². The van der Waals surface area contributed by atoms with Gasteiger partial charge in [-0.25, -0.2) is 0 Å². The lowest BCUT2D eigenvalue weighted by atomic mass is 9.88. The van der Waals surface area contributed by atoms with Crippen LogP contribution in [0.1, 0.15) is 36.9 Å². The van der Waals surface area contributed by atoms with Crippen LogP contribution in [0, 0.1) is 29.6 Å². The van der Waals surface area contributed by atoms with Crippen LogP contribution in [0.15, 0.2) is 18.2 Å². The van der Waals surface area contributed by atoms with Gasteiger partial charge < -0.3 is 4.90 Å². The lowest BCUT2D eigenvalue weighted by molar-refractivity contribution is -0.129. The zero-order valence-corrected chi connectivity index (χ0v) is 12.0. The smallest absolute Gasteiger partial charge is 0.298 e. The van der Waals surface area contributed by atoms with E-state index in [0.29, 0.717) is 23.0 Å². The fraction of sp³-hybridized carbons (Fsp3) is 0.375. The lowest BCUT2D eigenvalue weighted by Crippen LogP contribution is -2.40. The topological polar surface area (TPSA) is 44.1 Å². The second-order valence-electron chi connectivity index (χ2n) is 5.14. The molecule has 0 N–H and O–H groups in total. The highest BCUT2D eigenvalue weighted by molar-refractivity contribution is 6.31. The van der Waals surface area contributed by atoms with E-state index >= 15 is 0 Å². The molecule has 3 nitrogen and oxygen atoms in total. The summed E-state index contributed by atoms with van der Waals surface area (Å²) in [6, 6.07) is 7.28. The number of rotatable bonds is 1. The number of amides is 1. The molecular weight excluding hydrogens is 272 g/mol. The van der Waals surface area contributed by atoms with Crippen LogP contribution >= 0.6 is 11.6 Å². The van der Waals surface area contributed by atoms with Crippen LogP contribution in [0.3, 0.4) is 0 Å². The minimum absolute atomic E-state index is 0.0625. The van der Waals surface area contributed by atoms with Crippen molar-refractivity contribution in [2.24, 2.45) is 5.92 Å². The van der Waals surface area contributed by atoms with Crippen molar-refractivity contribution in [2.75, 3.05) is 6.54 Å². The van der Waals surface area contributed by atoms with Gasteiger partial charge in [-0.3, -0.25) is 4.79 Å². The van der Waals surface area contributed by atoms with Gasteiger partial charge in [-0.1, -0.05) is 24.6 Å². The van der Waals surface area contributed by atoms with Crippen LogP contribution in [-0.2, 0) is 4.79 Å². The molecule has 0 radical (unpaired) electrons. The molecule has 1 aliphatic rings. The van der Waals surface area contributed by atoms with Crippen LogP contribution in [0.4, 0.5) is 0 Å². The van der Waals surface area contributed by atoms with Crippen LogP contribution < -0.4 is 0 Å². The van der Waals surface area contributed by atoms with E-state index in [1.54, 1.807) is 17.0 Å². The minimum atomic E-state index is -0.289. The summed E-state index contributed by atoms with van der Waals surface area (Å²) in [6.45, 7) is 2.82. The van der Waals surface area contributed by atoms with Gasteiger partial charge in [-0.15, -0.1) is 6.42 Å². The molecule has 1 amide bonds. The number of likely N-dealkylation sites (tertiary alicyclic amines) is 1. The van der Waals surface area contributed by atoms with Gasteiger partial charge >= 0.3 is 0 Å². The monoisotopic (exact) mass is 286 g/mol. The summed E-state index contributed by atoms with van der Waals surface area (Å²) < 4.78 is 0. The molecule has 1 heterocycles. The Kier molecular flexibility index (Phi) is 4.32. The second-order valence-corrected chi connectivity index (χ2v) is 5.55. The van der Waals surface area contributed by atoms with E-state index < -0.39 is 0 Å². The maximum atomic E-state index is 11.9. The van der Waals surface area contributed by atoms with Crippen molar-refractivity contribution in [2.45, 2.75) is 25.8 Å². The van der Waals surface area contributed by atoms with Crippen molar-refractivity contribution in [3.05, 3.63) is 34.3 Å². The van der Waals surface area contributed by atoms with Crippen molar-refractivity contribution in [1.29, 1.82) is 5.26 Å². The molecule has 0 aromatic heterocycles. The number of carbonyl (C=O) groups excluding carboxylic acids is 1. The Labute approximate surface area is 124 Å². The van der Waals surface area contributed by atoms with Gasteiger partial charge in [0.2, 0.25) is 0 Å². The van der Waals surface area contributed by atoms with Gasteiger partial charge in [0, 0.05) is 6.54 Å². The summed E-state index contributed by atoms with van der Waals surface area (Å²) in [6.07, 6.45) is 7.05. The van der Waals surface area contributed by atoms with Crippen LogP contribution in [-0.4, -0.2) is 17.4 Å². The van der Waals surface area contributed by atoms with Crippen molar-refractivity contribution in [1.82, 2.24) is 4.90 Å². The Morgan fingerprint density at radius 3 is 2.90 bits per heavy atom. The predicted molar refractivity (Wildman–Crippen MR) is 77.9 cm³/mol. The summed E-state index contributed by atoms with van der Waals surface area (Å²) in [5.74, 6) is 2.42. The molecule has 0 saturated carbocycles. The van der Waals surface area contributed by atoms with Gasteiger partial charge in [-0.05, 0) is 42.4 Å². The first-order valence-corrected chi connectivity index (χ1v) is 6.91. The van der Waals surface area contributed by atoms with E-state index in [-0.39, 0.29) is 11.9 Å². The third-order valence-electron chi connectivity index (χ3n) is 3.75. The molecule has 2 atom stereocenters. The van der Waals surface area contributed by atoms with Gasteiger partial charge in [0.15, 0.2) is 0 Å². The molecule has 0 bridgehead atoms. The number of hydrogen-bond acceptors (Lipinski definition) is 2. The average Bonchev–Trinajstić information content (AvgIpc) is 2.46. The molecule has 1 fully saturated rings. The Hall–Kier alpha value is -1.97. The third kappa shape index (κ3) is 2.79. The first-order chi connectivity index (χ1) is 9.56. The number of nitrogens with zero attached hydrogens (tertiary/aromatic N) is 2. The first-order valence-electron chi connectivity index (χ1n) is 6.53. The number of piperidine rings is 1. The van der Waals surface area contributed by atoms with E-state index in [2.05, 4.69) is 12.8 Å². The van der Waals surface area contributed by atoms with E-state index in [1.807, 2.05) is 12.1 Å². The van der Waals surface area contributed by atoms with Crippen LogP contribution in [0.2, 0.25) is 5.02 Å². The van der Waals surface area contributed by atoms with Gasteiger partial charge in [0.25, 0.3) is 5.91 Å². The predicted octanol–water partition coefficient (Wildman–Crippen LogP) is 3.14. The third-order valence-corrected chi connectivity index (χ3v) is 4.06. The first kappa shape index (κ1) is 14.4. The summed E-state index contributed by atoms with van der Waals surface area (Å²) >= 11 is 6.08. The van der Waals surface area contributed by atoms with Crippen molar-refractivity contribution >= 4 is 17.5 Å². The Balaban J connectivity index is 2.36. The molecule has 1 aromatic rings. The zero-order chi connectivity index (χ0) is 14.7. The quantitative estimate of drug-likeness (QED) is 0.745. The van der Waals surface area contributed by atoms with Crippen LogP contribution in [0.25, 0.3) is 0 Å². The minimum Gasteiger partial charge on any atom is -0.325 e. The molecule has 0 aliphatic carbocycles. The molecule has 1 aliphatic heterocycles. The molecule has 4 heteroatoms. The fourth-order valence-corrected chi connectivity index (χ4v) is 2.84. The molecule has 1 saturated heterocycles. The fourth-order valence-electron chi connectivity index (χ4n) is 2.61. The standard InChI is InChI=1S/C16H15ClN2O/c1-3-16(20)19-7-6-11(2)8-15(19)12-4-5-13(10-18)14(17)9-12/h1,4-5,9,11,15H,6-8H2,2H3/t11-,15+/m1/s1. The van der Waals surface area contributed by atoms with Gasteiger partial charge in [0.05, 0.1) is 16.6 Å². The van der Waals surface area contributed by atoms with E-state index in [1.165, 1.54) is 0 Å². The summed E-state index contributed by atoms with van der Waals surface area (Å²) in [5, 5.41) is 9.33. The summed E-state index contributed by atoms with van der Waals surface area (Å²) in [4.78, 5) is 13.6. The largest absolute Gasteiger partial charge is 0.325 e. The number of carbonyl (C=O) groups is 1. The molecule has 1 aromatic carbocycles. The number of benzene rings is 1. The van der Waals surface area contributed by atoms with E-state index in [4.69, 9.17) is 23.3 Å². The zero-order valence-electron chi connectivity index (χ0n) is 11.3. The lowest BCUT2D eigenvalue weighted by Gasteiger charge is -2.37. The SMILES string of the molecule is C#CC(=O)N1CC[C@@H](C)C[C@H]1c1ccc(C#N)c(Cl)c1. The normalized spacial score (nSPS) is 21.9. The van der Waals surface area contributed by atoms with Crippen LogP contribution in [0.5, 0.6) is 0 Å². The second kappa shape index (κ2) is 5.99. The molecule has 20 heavy (non-hydrogen) atoms. The van der Waals surface area contributed by atoms with E-state index in [9.17, 15) is 4.79 Å². The molecule has 0 spiro atoms. The molecule has 2 rings (SSSR count). The number of hydrogen-bond donors (Lipinski definition) is 0. The summed E-state index contributed by atoms with van der Waals surface area (Å²) in [5.41, 5.74) is 1.37. The highest BCUT2D eigenvalue weighted by Crippen LogP contribution is 2.35.